The SMILES string of the molecule is C/C=C/CCCCCOc1ccc(-c2ccc(-c3ccc(C#N)cc3)cc2)nc1. The van der Waals surface area contributed by atoms with Gasteiger partial charge in [0.15, 0.2) is 0 Å². The molecule has 3 aromatic rings. The van der Waals surface area contributed by atoms with Gasteiger partial charge in [-0.25, -0.2) is 0 Å². The van der Waals surface area contributed by atoms with Crippen LogP contribution in [0, 0.1) is 11.3 Å². The van der Waals surface area contributed by atoms with Gasteiger partial charge in [0.1, 0.15) is 5.75 Å². The molecule has 0 saturated carbocycles. The summed E-state index contributed by atoms with van der Waals surface area (Å²) in [6.07, 6.45) is 10.7. The number of unbranched alkanes of at least 4 members (excludes halogenated alkanes) is 3. The van der Waals surface area contributed by atoms with E-state index in [2.05, 4.69) is 54.4 Å². The molecule has 0 aliphatic rings. The van der Waals surface area contributed by atoms with Gasteiger partial charge in [-0.3, -0.25) is 4.98 Å². The van der Waals surface area contributed by atoms with Gasteiger partial charge in [0.25, 0.3) is 0 Å². The summed E-state index contributed by atoms with van der Waals surface area (Å²) in [5.74, 6) is 0.816. The molecular formula is C26H26N2O. The molecule has 3 heteroatoms. The van der Waals surface area contributed by atoms with Gasteiger partial charge in [-0.2, -0.15) is 5.26 Å². The monoisotopic (exact) mass is 382 g/mol. The predicted octanol–water partition coefficient (Wildman–Crippen LogP) is 6.80. The van der Waals surface area contributed by atoms with Gasteiger partial charge < -0.3 is 4.74 Å². The molecule has 29 heavy (non-hydrogen) atoms. The van der Waals surface area contributed by atoms with Crippen molar-refractivity contribution in [2.24, 2.45) is 0 Å². The molecule has 0 spiro atoms. The largest absolute Gasteiger partial charge is 0.492 e. The second-order valence-corrected chi connectivity index (χ2v) is 6.91. The van der Waals surface area contributed by atoms with E-state index in [0.717, 1.165) is 47.6 Å². The van der Waals surface area contributed by atoms with Crippen LogP contribution in [0.25, 0.3) is 22.4 Å². The Labute approximate surface area is 173 Å². The first-order valence-electron chi connectivity index (χ1n) is 10.1. The van der Waals surface area contributed by atoms with Crippen molar-refractivity contribution >= 4 is 0 Å². The Bertz CT molecular complexity index is 950. The molecule has 1 heterocycles. The van der Waals surface area contributed by atoms with Crippen molar-refractivity contribution in [1.29, 1.82) is 5.26 Å². The summed E-state index contributed by atoms with van der Waals surface area (Å²) in [6, 6.07) is 22.0. The molecule has 0 N–H and O–H groups in total. The summed E-state index contributed by atoms with van der Waals surface area (Å²) < 4.78 is 5.80. The van der Waals surface area contributed by atoms with E-state index in [4.69, 9.17) is 10.00 Å². The number of benzene rings is 2. The molecule has 2 aromatic carbocycles. The summed E-state index contributed by atoms with van der Waals surface area (Å²) >= 11 is 0. The number of pyridine rings is 1. The van der Waals surface area contributed by atoms with Crippen molar-refractivity contribution < 1.29 is 4.74 Å². The minimum absolute atomic E-state index is 0.672. The fourth-order valence-electron chi connectivity index (χ4n) is 3.10. The van der Waals surface area contributed by atoms with Crippen LogP contribution in [0.4, 0.5) is 0 Å². The Morgan fingerprint density at radius 1 is 0.862 bits per heavy atom. The highest BCUT2D eigenvalue weighted by Crippen LogP contribution is 2.25. The lowest BCUT2D eigenvalue weighted by molar-refractivity contribution is 0.304. The predicted molar refractivity (Wildman–Crippen MR) is 119 cm³/mol. The Hall–Kier alpha value is -3.38. The van der Waals surface area contributed by atoms with Gasteiger partial charge in [-0.05, 0) is 68.0 Å². The molecule has 3 nitrogen and oxygen atoms in total. The first-order valence-corrected chi connectivity index (χ1v) is 10.1. The average molecular weight is 383 g/mol. The maximum Gasteiger partial charge on any atom is 0.137 e. The van der Waals surface area contributed by atoms with E-state index < -0.39 is 0 Å². The standard InChI is InChI=1S/C26H26N2O/c1-2-3-4-5-6-7-18-29-25-16-17-26(28-20-25)24-14-12-23(13-15-24)22-10-8-21(19-27)9-11-22/h2-3,8-17,20H,4-7,18H2,1H3/b3-2+. The summed E-state index contributed by atoms with van der Waals surface area (Å²) in [5, 5.41) is 8.91. The fourth-order valence-corrected chi connectivity index (χ4v) is 3.10. The topological polar surface area (TPSA) is 45.9 Å². The van der Waals surface area contributed by atoms with Gasteiger partial charge in [0, 0.05) is 5.56 Å². The second kappa shape index (κ2) is 10.8. The quantitative estimate of drug-likeness (QED) is 0.302. The lowest BCUT2D eigenvalue weighted by Crippen LogP contribution is -1.97. The maximum absolute atomic E-state index is 8.91. The Morgan fingerprint density at radius 3 is 2.17 bits per heavy atom. The van der Waals surface area contributed by atoms with Crippen LogP contribution in [-0.2, 0) is 0 Å². The Balaban J connectivity index is 1.53. The van der Waals surface area contributed by atoms with Gasteiger partial charge in [0.2, 0.25) is 0 Å². The summed E-state index contributed by atoms with van der Waals surface area (Å²) in [6.45, 7) is 2.79. The second-order valence-electron chi connectivity index (χ2n) is 6.91. The highest BCUT2D eigenvalue weighted by atomic mass is 16.5. The number of nitrogens with zero attached hydrogens (tertiary/aromatic N) is 2. The Kier molecular flexibility index (Phi) is 7.60. The van der Waals surface area contributed by atoms with Gasteiger partial charge in [-0.1, -0.05) is 48.6 Å². The van der Waals surface area contributed by atoms with Crippen LogP contribution < -0.4 is 4.74 Å². The molecule has 0 saturated heterocycles. The van der Waals surface area contributed by atoms with E-state index in [1.807, 2.05) is 36.4 Å². The van der Waals surface area contributed by atoms with Crippen LogP contribution in [-0.4, -0.2) is 11.6 Å². The van der Waals surface area contributed by atoms with E-state index in [0.29, 0.717) is 5.56 Å². The van der Waals surface area contributed by atoms with Crippen molar-refractivity contribution in [1.82, 2.24) is 4.98 Å². The zero-order chi connectivity index (χ0) is 20.3. The highest BCUT2D eigenvalue weighted by Gasteiger charge is 2.03. The smallest absolute Gasteiger partial charge is 0.137 e. The Morgan fingerprint density at radius 2 is 1.55 bits per heavy atom. The average Bonchev–Trinajstić information content (AvgIpc) is 2.79. The third-order valence-corrected chi connectivity index (χ3v) is 4.78. The van der Waals surface area contributed by atoms with E-state index >= 15 is 0 Å². The van der Waals surface area contributed by atoms with Crippen LogP contribution in [0.5, 0.6) is 5.75 Å². The molecule has 146 valence electrons. The van der Waals surface area contributed by atoms with E-state index in [9.17, 15) is 0 Å². The first-order chi connectivity index (χ1) is 14.3. The number of hydrogen-bond acceptors (Lipinski definition) is 3. The van der Waals surface area contributed by atoms with Crippen molar-refractivity contribution in [2.75, 3.05) is 6.61 Å². The minimum Gasteiger partial charge on any atom is -0.492 e. The minimum atomic E-state index is 0.672. The number of ether oxygens (including phenoxy) is 1. The van der Waals surface area contributed by atoms with Crippen LogP contribution >= 0.6 is 0 Å². The van der Waals surface area contributed by atoms with Crippen molar-refractivity contribution in [2.45, 2.75) is 32.6 Å². The molecule has 3 rings (SSSR count). The number of rotatable bonds is 9. The zero-order valence-corrected chi connectivity index (χ0v) is 16.8. The third-order valence-electron chi connectivity index (χ3n) is 4.78. The molecular weight excluding hydrogens is 356 g/mol. The van der Waals surface area contributed by atoms with Crippen LogP contribution in [0.2, 0.25) is 0 Å². The fraction of sp³-hybridized carbons (Fsp3) is 0.231. The molecule has 0 bridgehead atoms. The number of allylic oxidation sites excluding steroid dienone is 2. The van der Waals surface area contributed by atoms with Gasteiger partial charge >= 0.3 is 0 Å². The number of aromatic nitrogens is 1. The molecule has 0 unspecified atom stereocenters. The molecule has 0 radical (unpaired) electrons. The van der Waals surface area contributed by atoms with Crippen LogP contribution in [0.15, 0.2) is 79.0 Å². The molecule has 0 aliphatic carbocycles. The zero-order valence-electron chi connectivity index (χ0n) is 16.8. The molecule has 0 aliphatic heterocycles. The van der Waals surface area contributed by atoms with E-state index in [1.165, 1.54) is 12.8 Å². The normalized spacial score (nSPS) is 10.8. The molecule has 0 fully saturated rings. The number of nitriles is 1. The molecule has 0 amide bonds. The third kappa shape index (κ3) is 6.05. The lowest BCUT2D eigenvalue weighted by Gasteiger charge is -2.07. The molecule has 0 atom stereocenters. The summed E-state index contributed by atoms with van der Waals surface area (Å²) in [4.78, 5) is 4.54. The molecule has 1 aromatic heterocycles. The summed E-state index contributed by atoms with van der Waals surface area (Å²) in [7, 11) is 0. The van der Waals surface area contributed by atoms with Crippen molar-refractivity contribution in [3.05, 3.63) is 84.6 Å². The van der Waals surface area contributed by atoms with Gasteiger partial charge in [0.05, 0.1) is 30.1 Å². The van der Waals surface area contributed by atoms with Crippen molar-refractivity contribution in [3.8, 4) is 34.2 Å². The summed E-state index contributed by atoms with van der Waals surface area (Å²) in [5.41, 5.74) is 4.88. The maximum atomic E-state index is 8.91. The number of hydrogen-bond donors (Lipinski definition) is 0. The van der Waals surface area contributed by atoms with Crippen molar-refractivity contribution in [3.63, 3.8) is 0 Å². The highest BCUT2D eigenvalue weighted by molar-refractivity contribution is 5.69. The van der Waals surface area contributed by atoms with Crippen LogP contribution in [0.3, 0.4) is 0 Å². The van der Waals surface area contributed by atoms with Gasteiger partial charge in [-0.15, -0.1) is 0 Å². The van der Waals surface area contributed by atoms with E-state index in [-0.39, 0.29) is 0 Å². The lowest BCUT2D eigenvalue weighted by atomic mass is 10.0. The van der Waals surface area contributed by atoms with E-state index in [1.54, 1.807) is 6.20 Å². The van der Waals surface area contributed by atoms with Crippen LogP contribution in [0.1, 0.15) is 38.2 Å². The first kappa shape index (κ1) is 20.4.